The van der Waals surface area contributed by atoms with E-state index in [2.05, 4.69) is 49.4 Å². The van der Waals surface area contributed by atoms with E-state index in [1.165, 1.54) is 102 Å². The number of hydrogen-bond acceptors (Lipinski definition) is 1. The van der Waals surface area contributed by atoms with Gasteiger partial charge in [-0.3, -0.25) is 0 Å². The molecular weight excluding hydrogens is 398 g/mol. The van der Waals surface area contributed by atoms with Crippen molar-refractivity contribution in [3.8, 4) is 6.07 Å². The minimum absolute atomic E-state index is 0.777. The molecule has 1 aromatic rings. The van der Waals surface area contributed by atoms with Crippen molar-refractivity contribution in [3.05, 3.63) is 59.7 Å². The zero-order valence-corrected chi connectivity index (χ0v) is 21.2. The van der Waals surface area contributed by atoms with Gasteiger partial charge in [-0.2, -0.15) is 5.26 Å². The lowest BCUT2D eigenvalue weighted by Crippen LogP contribution is -2.14. The first-order valence-corrected chi connectivity index (χ1v) is 14.1. The molecule has 0 aliphatic heterocycles. The number of nitrogens with zero attached hydrogens (tertiary/aromatic N) is 1. The Labute approximate surface area is 204 Å². The number of rotatable bonds is 12. The summed E-state index contributed by atoms with van der Waals surface area (Å²) in [5.41, 5.74) is 3.11. The summed E-state index contributed by atoms with van der Waals surface area (Å²) in [5.74, 6) is 3.26. The van der Waals surface area contributed by atoms with E-state index in [4.69, 9.17) is 5.26 Å². The van der Waals surface area contributed by atoms with Crippen LogP contribution in [-0.2, 0) is 6.42 Å². The Balaban J connectivity index is 1.32. The topological polar surface area (TPSA) is 23.8 Å². The molecule has 3 rings (SSSR count). The maximum atomic E-state index is 8.59. The van der Waals surface area contributed by atoms with Crippen molar-refractivity contribution in [3.63, 3.8) is 0 Å². The predicted octanol–water partition coefficient (Wildman–Crippen LogP) is 9.70. The molecule has 1 aromatic carbocycles. The van der Waals surface area contributed by atoms with Gasteiger partial charge >= 0.3 is 0 Å². The van der Waals surface area contributed by atoms with Gasteiger partial charge in [-0.05, 0) is 112 Å². The number of nitriles is 1. The van der Waals surface area contributed by atoms with Crippen LogP contribution in [0.4, 0.5) is 0 Å². The summed E-state index contributed by atoms with van der Waals surface area (Å²) in [6, 6.07) is 11.8. The van der Waals surface area contributed by atoms with Crippen LogP contribution >= 0.6 is 0 Å². The molecule has 180 valence electrons. The number of unbranched alkanes of at least 4 members (excludes halogenated alkanes) is 4. The van der Waals surface area contributed by atoms with Crippen LogP contribution < -0.4 is 0 Å². The summed E-state index contributed by atoms with van der Waals surface area (Å²) in [5, 5.41) is 8.59. The van der Waals surface area contributed by atoms with Gasteiger partial charge in [0.15, 0.2) is 0 Å². The molecule has 1 heteroatoms. The molecule has 0 bridgehead atoms. The van der Waals surface area contributed by atoms with Crippen LogP contribution in [-0.4, -0.2) is 0 Å². The smallest absolute Gasteiger partial charge is 0.0908 e. The monoisotopic (exact) mass is 445 g/mol. The van der Waals surface area contributed by atoms with E-state index in [-0.39, 0.29) is 0 Å². The average molecular weight is 446 g/mol. The first-order valence-electron chi connectivity index (χ1n) is 14.1. The van der Waals surface area contributed by atoms with Crippen LogP contribution in [0.2, 0.25) is 0 Å². The summed E-state index contributed by atoms with van der Waals surface area (Å²) in [4.78, 5) is 0. The fourth-order valence-electron chi connectivity index (χ4n) is 5.99. The molecule has 0 radical (unpaired) electrons. The Morgan fingerprint density at radius 1 is 0.818 bits per heavy atom. The highest BCUT2D eigenvalue weighted by Crippen LogP contribution is 2.38. The summed E-state index contributed by atoms with van der Waals surface area (Å²) in [6.45, 7) is 2.29. The van der Waals surface area contributed by atoms with E-state index in [1.807, 2.05) is 6.08 Å². The molecule has 0 amide bonds. The van der Waals surface area contributed by atoms with Crippen molar-refractivity contribution < 1.29 is 0 Å². The van der Waals surface area contributed by atoms with Gasteiger partial charge in [0.2, 0.25) is 0 Å². The van der Waals surface area contributed by atoms with E-state index >= 15 is 0 Å². The zero-order valence-electron chi connectivity index (χ0n) is 21.2. The summed E-state index contributed by atoms with van der Waals surface area (Å²) >= 11 is 0. The van der Waals surface area contributed by atoms with Gasteiger partial charge in [-0.25, -0.2) is 0 Å². The van der Waals surface area contributed by atoms with Crippen molar-refractivity contribution in [2.75, 3.05) is 0 Å². The molecule has 0 atom stereocenters. The number of hydrogen-bond donors (Lipinski definition) is 0. The van der Waals surface area contributed by atoms with Gasteiger partial charge in [0.25, 0.3) is 0 Å². The molecule has 0 aromatic heterocycles. The first kappa shape index (κ1) is 25.8. The van der Waals surface area contributed by atoms with E-state index in [1.54, 1.807) is 11.6 Å². The highest BCUT2D eigenvalue weighted by Gasteiger charge is 2.22. The molecule has 33 heavy (non-hydrogen) atoms. The Morgan fingerprint density at radius 3 is 2.09 bits per heavy atom. The van der Waals surface area contributed by atoms with Crippen LogP contribution in [0.3, 0.4) is 0 Å². The minimum Gasteiger partial charge on any atom is -0.193 e. The second-order valence-corrected chi connectivity index (χ2v) is 10.8. The number of benzene rings is 1. The molecule has 0 N–H and O–H groups in total. The third-order valence-corrected chi connectivity index (χ3v) is 8.27. The zero-order chi connectivity index (χ0) is 23.1. The van der Waals surface area contributed by atoms with Crippen molar-refractivity contribution in [2.24, 2.45) is 17.8 Å². The van der Waals surface area contributed by atoms with Crippen molar-refractivity contribution in [1.29, 1.82) is 5.26 Å². The molecular formula is C32H47N. The highest BCUT2D eigenvalue weighted by atomic mass is 14.3. The van der Waals surface area contributed by atoms with Crippen LogP contribution in [0.5, 0.6) is 0 Å². The standard InChI is InChI=1S/C32H47N/c1-2-3-4-5-7-10-28-18-22-31(23-19-28)32-24-20-30(21-25-32)17-16-29-14-12-27(13-15-29)11-8-6-9-26-33/h6,9,16-19,22-23,27,29-30,32H,2-5,7-8,10-15,20-21,24-25H2,1H3/b9-6?,17-16+/t27-,29-,30-,32-. The molecule has 2 saturated carbocycles. The van der Waals surface area contributed by atoms with E-state index < -0.39 is 0 Å². The normalized spacial score (nSPS) is 26.1. The maximum Gasteiger partial charge on any atom is 0.0908 e. The number of allylic oxidation sites excluding steroid dienone is 4. The maximum absolute atomic E-state index is 8.59. The van der Waals surface area contributed by atoms with Gasteiger partial charge in [-0.15, -0.1) is 0 Å². The van der Waals surface area contributed by atoms with Crippen molar-refractivity contribution >= 4 is 0 Å². The average Bonchev–Trinajstić information content (AvgIpc) is 2.87. The predicted molar refractivity (Wildman–Crippen MR) is 142 cm³/mol. The quantitative estimate of drug-likeness (QED) is 0.178. The lowest BCUT2D eigenvalue weighted by Gasteiger charge is -2.29. The third kappa shape index (κ3) is 9.52. The molecule has 0 spiro atoms. The van der Waals surface area contributed by atoms with E-state index in [0.29, 0.717) is 0 Å². The van der Waals surface area contributed by atoms with Gasteiger partial charge in [0.05, 0.1) is 6.07 Å². The summed E-state index contributed by atoms with van der Waals surface area (Å²) < 4.78 is 0. The molecule has 0 saturated heterocycles. The van der Waals surface area contributed by atoms with Gasteiger partial charge in [0.1, 0.15) is 0 Å². The largest absolute Gasteiger partial charge is 0.193 e. The van der Waals surface area contributed by atoms with Crippen LogP contribution in [0.15, 0.2) is 48.6 Å². The van der Waals surface area contributed by atoms with Crippen LogP contribution in [0, 0.1) is 29.1 Å². The molecule has 2 aliphatic rings. The molecule has 2 fully saturated rings. The van der Waals surface area contributed by atoms with Crippen LogP contribution in [0.1, 0.15) is 120 Å². The van der Waals surface area contributed by atoms with Crippen LogP contribution in [0.25, 0.3) is 0 Å². The Hall–Kier alpha value is -1.81. The van der Waals surface area contributed by atoms with Crippen molar-refractivity contribution in [1.82, 2.24) is 0 Å². The first-order chi connectivity index (χ1) is 16.3. The molecule has 0 unspecified atom stereocenters. The Kier molecular flexibility index (Phi) is 11.9. The Morgan fingerprint density at radius 2 is 1.45 bits per heavy atom. The SMILES string of the molecule is CCCCCCCc1ccc([C@H]2CC[C@H](/C=C/[C@H]3CC[C@H](CCC=CC#N)CC3)CC2)cc1. The number of aryl methyl sites for hydroxylation is 1. The third-order valence-electron chi connectivity index (χ3n) is 8.27. The fraction of sp³-hybridized carbons (Fsp3) is 0.656. The Bertz CT molecular complexity index is 734. The van der Waals surface area contributed by atoms with Gasteiger partial charge < -0.3 is 0 Å². The second-order valence-electron chi connectivity index (χ2n) is 10.8. The second kappa shape index (κ2) is 15.2. The van der Waals surface area contributed by atoms with Gasteiger partial charge in [0, 0.05) is 6.08 Å². The molecule has 2 aliphatic carbocycles. The summed E-state index contributed by atoms with van der Waals surface area (Å²) in [7, 11) is 0. The minimum atomic E-state index is 0.777. The van der Waals surface area contributed by atoms with E-state index in [0.717, 1.165) is 30.1 Å². The summed E-state index contributed by atoms with van der Waals surface area (Å²) in [6.07, 6.45) is 30.2. The fourth-order valence-corrected chi connectivity index (χ4v) is 5.99. The highest BCUT2D eigenvalue weighted by molar-refractivity contribution is 5.26. The van der Waals surface area contributed by atoms with E-state index in [9.17, 15) is 0 Å². The molecule has 1 nitrogen and oxygen atoms in total. The lowest BCUT2D eigenvalue weighted by atomic mass is 9.76. The molecule has 0 heterocycles. The lowest BCUT2D eigenvalue weighted by molar-refractivity contribution is 0.295. The van der Waals surface area contributed by atoms with Gasteiger partial charge in [-0.1, -0.05) is 75.1 Å². The van der Waals surface area contributed by atoms with Crippen molar-refractivity contribution in [2.45, 2.75) is 116 Å².